The first-order valence-electron chi connectivity index (χ1n) is 3.56. The van der Waals surface area contributed by atoms with Crippen LogP contribution in [0.15, 0.2) is 10.8 Å². The molecule has 1 amide bonds. The van der Waals surface area contributed by atoms with Gasteiger partial charge in [-0.3, -0.25) is 4.79 Å². The Balaban J connectivity index is 2.64. The number of rotatable bonds is 2. The van der Waals surface area contributed by atoms with E-state index >= 15 is 0 Å². The van der Waals surface area contributed by atoms with Gasteiger partial charge < -0.3 is 5.32 Å². The number of nitrogens with one attached hydrogen (secondary N) is 1. The maximum absolute atomic E-state index is 10.9. The molecule has 0 saturated carbocycles. The largest absolute Gasteiger partial charge is 0.325 e. The number of hydrogen-bond donors (Lipinski definition) is 1. The van der Waals surface area contributed by atoms with Crippen LogP contribution in [0.4, 0.5) is 5.69 Å². The molecule has 0 aromatic carbocycles. The molecule has 0 atom stereocenters. The number of thiophene rings is 1. The number of amides is 1. The van der Waals surface area contributed by atoms with Crippen LogP contribution in [0.1, 0.15) is 18.9 Å². The van der Waals surface area contributed by atoms with Crippen LogP contribution in [0, 0.1) is 6.92 Å². The van der Waals surface area contributed by atoms with Gasteiger partial charge >= 0.3 is 0 Å². The lowest BCUT2D eigenvalue weighted by Gasteiger charge is -2.00. The maximum atomic E-state index is 10.9. The van der Waals surface area contributed by atoms with Crippen molar-refractivity contribution in [2.75, 3.05) is 5.32 Å². The Bertz CT molecular complexity index is 254. The molecule has 1 N–H and O–H groups in total. The number of carbonyl (C=O) groups is 1. The van der Waals surface area contributed by atoms with Gasteiger partial charge in [0.1, 0.15) is 0 Å². The molecule has 0 fully saturated rings. The van der Waals surface area contributed by atoms with Crippen molar-refractivity contribution < 1.29 is 4.79 Å². The molecule has 1 heterocycles. The number of aryl methyl sites for hydroxylation is 1. The van der Waals surface area contributed by atoms with E-state index in [4.69, 9.17) is 0 Å². The van der Waals surface area contributed by atoms with Crippen molar-refractivity contribution in [1.82, 2.24) is 0 Å². The fraction of sp³-hybridized carbons (Fsp3) is 0.375. The summed E-state index contributed by atoms with van der Waals surface area (Å²) in [6.45, 7) is 3.83. The minimum atomic E-state index is 0.0755. The van der Waals surface area contributed by atoms with Crippen molar-refractivity contribution in [1.29, 1.82) is 0 Å². The summed E-state index contributed by atoms with van der Waals surface area (Å²) in [5, 5.41) is 6.78. The average Bonchev–Trinajstić information content (AvgIpc) is 2.37. The molecule has 1 aromatic heterocycles. The number of hydrogen-bond acceptors (Lipinski definition) is 2. The van der Waals surface area contributed by atoms with Crippen molar-refractivity contribution in [3.63, 3.8) is 0 Å². The second kappa shape index (κ2) is 3.53. The lowest BCUT2D eigenvalue weighted by molar-refractivity contribution is -0.115. The Morgan fingerprint density at radius 2 is 2.36 bits per heavy atom. The van der Waals surface area contributed by atoms with Gasteiger partial charge in [0.25, 0.3) is 0 Å². The van der Waals surface area contributed by atoms with E-state index < -0.39 is 0 Å². The van der Waals surface area contributed by atoms with Gasteiger partial charge in [0.15, 0.2) is 0 Å². The molecular formula is C8H11NOS. The Hall–Kier alpha value is -0.830. The quantitative estimate of drug-likeness (QED) is 0.723. The van der Waals surface area contributed by atoms with Gasteiger partial charge in [-0.05, 0) is 17.9 Å². The fourth-order valence-electron chi connectivity index (χ4n) is 0.727. The van der Waals surface area contributed by atoms with Crippen LogP contribution in [-0.2, 0) is 4.79 Å². The van der Waals surface area contributed by atoms with Crippen molar-refractivity contribution in [3.05, 3.63) is 16.3 Å². The van der Waals surface area contributed by atoms with Gasteiger partial charge in [-0.25, -0.2) is 0 Å². The highest BCUT2D eigenvalue weighted by Gasteiger charge is 2.01. The van der Waals surface area contributed by atoms with Crippen LogP contribution >= 0.6 is 11.3 Å². The molecule has 11 heavy (non-hydrogen) atoms. The smallest absolute Gasteiger partial charge is 0.224 e. The summed E-state index contributed by atoms with van der Waals surface area (Å²) in [4.78, 5) is 10.9. The maximum Gasteiger partial charge on any atom is 0.224 e. The predicted molar refractivity (Wildman–Crippen MR) is 48.0 cm³/mol. The molecule has 1 rings (SSSR count). The molecule has 1 aromatic rings. The third-order valence-electron chi connectivity index (χ3n) is 1.45. The highest BCUT2D eigenvalue weighted by atomic mass is 32.1. The van der Waals surface area contributed by atoms with Crippen LogP contribution in [0.5, 0.6) is 0 Å². The lowest BCUT2D eigenvalue weighted by Crippen LogP contribution is -2.09. The number of carbonyl (C=O) groups excluding carboxylic acids is 1. The normalized spacial score (nSPS) is 9.64. The van der Waals surface area contributed by atoms with Crippen LogP contribution in [-0.4, -0.2) is 5.91 Å². The molecule has 0 saturated heterocycles. The Morgan fingerprint density at radius 1 is 1.64 bits per heavy atom. The molecule has 3 heteroatoms. The Morgan fingerprint density at radius 3 is 2.82 bits per heavy atom. The van der Waals surface area contributed by atoms with Gasteiger partial charge in [-0.2, -0.15) is 0 Å². The second-order valence-corrected chi connectivity index (χ2v) is 3.11. The standard InChI is InChI=1S/C8H11NOS/c1-3-8(10)9-7-5-11-4-6(7)2/h4-5H,3H2,1-2H3,(H,9,10). The zero-order chi connectivity index (χ0) is 8.27. The molecule has 0 aliphatic heterocycles. The van der Waals surface area contributed by atoms with Crippen LogP contribution in [0.2, 0.25) is 0 Å². The van der Waals surface area contributed by atoms with Gasteiger partial charge in [-0.1, -0.05) is 6.92 Å². The third-order valence-corrected chi connectivity index (χ3v) is 2.31. The van der Waals surface area contributed by atoms with E-state index in [9.17, 15) is 4.79 Å². The third kappa shape index (κ3) is 2.05. The minimum Gasteiger partial charge on any atom is -0.325 e. The molecule has 0 bridgehead atoms. The molecular weight excluding hydrogens is 158 g/mol. The van der Waals surface area contributed by atoms with Gasteiger partial charge in [0.2, 0.25) is 5.91 Å². The SMILES string of the molecule is CCC(=O)Nc1cscc1C. The average molecular weight is 169 g/mol. The Labute approximate surface area is 70.2 Å². The summed E-state index contributed by atoms with van der Waals surface area (Å²) < 4.78 is 0. The molecule has 2 nitrogen and oxygen atoms in total. The topological polar surface area (TPSA) is 29.1 Å². The van der Waals surface area contributed by atoms with E-state index in [0.717, 1.165) is 11.3 Å². The lowest BCUT2D eigenvalue weighted by atomic mass is 10.3. The van der Waals surface area contributed by atoms with Crippen molar-refractivity contribution in [3.8, 4) is 0 Å². The van der Waals surface area contributed by atoms with Crippen molar-refractivity contribution >= 4 is 22.9 Å². The molecule has 0 spiro atoms. The molecule has 0 unspecified atom stereocenters. The van der Waals surface area contributed by atoms with Crippen LogP contribution in [0.3, 0.4) is 0 Å². The first kappa shape index (κ1) is 8.27. The monoisotopic (exact) mass is 169 g/mol. The highest BCUT2D eigenvalue weighted by molar-refractivity contribution is 7.08. The first-order chi connectivity index (χ1) is 5.24. The van der Waals surface area contributed by atoms with Crippen LogP contribution < -0.4 is 5.32 Å². The van der Waals surface area contributed by atoms with Gasteiger partial charge in [-0.15, -0.1) is 11.3 Å². The summed E-state index contributed by atoms with van der Waals surface area (Å²) in [5.74, 6) is 0.0755. The van der Waals surface area contributed by atoms with E-state index in [1.165, 1.54) is 0 Å². The second-order valence-electron chi connectivity index (χ2n) is 2.37. The molecule has 0 aliphatic carbocycles. The van der Waals surface area contributed by atoms with Crippen LogP contribution in [0.25, 0.3) is 0 Å². The first-order valence-corrected chi connectivity index (χ1v) is 4.51. The summed E-state index contributed by atoms with van der Waals surface area (Å²) in [7, 11) is 0. The molecule has 0 radical (unpaired) electrons. The summed E-state index contributed by atoms with van der Waals surface area (Å²) in [5.41, 5.74) is 2.08. The molecule has 0 aliphatic rings. The van der Waals surface area contributed by atoms with E-state index in [1.807, 2.05) is 24.6 Å². The summed E-state index contributed by atoms with van der Waals surface area (Å²) >= 11 is 1.60. The summed E-state index contributed by atoms with van der Waals surface area (Å²) in [6.07, 6.45) is 0.537. The van der Waals surface area contributed by atoms with E-state index in [2.05, 4.69) is 5.32 Å². The van der Waals surface area contributed by atoms with E-state index in [0.29, 0.717) is 6.42 Å². The Kier molecular flexibility index (Phi) is 2.65. The zero-order valence-electron chi connectivity index (χ0n) is 6.68. The zero-order valence-corrected chi connectivity index (χ0v) is 7.49. The van der Waals surface area contributed by atoms with Gasteiger partial charge in [0, 0.05) is 11.8 Å². The fourth-order valence-corrected chi connectivity index (χ4v) is 1.51. The minimum absolute atomic E-state index is 0.0755. The van der Waals surface area contributed by atoms with E-state index in [1.54, 1.807) is 11.3 Å². The summed E-state index contributed by atoms with van der Waals surface area (Å²) in [6, 6.07) is 0. The predicted octanol–water partition coefficient (Wildman–Crippen LogP) is 2.41. The van der Waals surface area contributed by atoms with Gasteiger partial charge in [0.05, 0.1) is 5.69 Å². The van der Waals surface area contributed by atoms with Crippen molar-refractivity contribution in [2.45, 2.75) is 20.3 Å². The highest BCUT2D eigenvalue weighted by Crippen LogP contribution is 2.19. The number of anilines is 1. The van der Waals surface area contributed by atoms with Crippen molar-refractivity contribution in [2.24, 2.45) is 0 Å². The van der Waals surface area contributed by atoms with E-state index in [-0.39, 0.29) is 5.91 Å². The molecule has 60 valence electrons.